The number of carbonyl (C=O) groups is 1. The molecule has 0 bridgehead atoms. The second-order valence-electron chi connectivity index (χ2n) is 6.72. The van der Waals surface area contributed by atoms with Gasteiger partial charge in [-0.3, -0.25) is 0 Å². The number of nitrogens with zero attached hydrogens (tertiary/aromatic N) is 2. The van der Waals surface area contributed by atoms with Crippen molar-refractivity contribution >= 4 is 17.4 Å². The van der Waals surface area contributed by atoms with Crippen LogP contribution in [0.3, 0.4) is 0 Å². The van der Waals surface area contributed by atoms with Crippen LogP contribution in [0.25, 0.3) is 0 Å². The molecule has 2 heterocycles. The Labute approximate surface area is 154 Å². The smallest absolute Gasteiger partial charge is 0.318 e. The topological polar surface area (TPSA) is 35.6 Å². The second-order valence-corrected chi connectivity index (χ2v) is 7.70. The fourth-order valence-electron chi connectivity index (χ4n) is 3.29. The third kappa shape index (κ3) is 4.61. The van der Waals surface area contributed by atoms with Crippen LogP contribution in [0.15, 0.2) is 47.8 Å². The number of urea groups is 1. The standard InChI is InChI=1S/C20H27N3OS/c1-16(19-11-8-14-25-19)22(2)20(24)21-18(15-23-12-6-7-13-23)17-9-4-3-5-10-17/h3-5,8-11,14,16,18H,6-7,12-13,15H2,1-2H3,(H,21,24). The van der Waals surface area contributed by atoms with Crippen LogP contribution in [0.4, 0.5) is 4.79 Å². The molecule has 0 spiro atoms. The minimum Gasteiger partial charge on any atom is -0.330 e. The average molecular weight is 358 g/mol. The number of likely N-dealkylation sites (tertiary alicyclic amines) is 1. The lowest BCUT2D eigenvalue weighted by Crippen LogP contribution is -2.43. The zero-order chi connectivity index (χ0) is 17.6. The first-order chi connectivity index (χ1) is 12.1. The summed E-state index contributed by atoms with van der Waals surface area (Å²) in [6.07, 6.45) is 2.51. The first-order valence-corrected chi connectivity index (χ1v) is 9.87. The molecule has 0 saturated carbocycles. The Hall–Kier alpha value is -1.85. The maximum Gasteiger partial charge on any atom is 0.318 e. The monoisotopic (exact) mass is 357 g/mol. The molecule has 2 amide bonds. The van der Waals surface area contributed by atoms with E-state index in [4.69, 9.17) is 0 Å². The summed E-state index contributed by atoms with van der Waals surface area (Å²) in [5.74, 6) is 0. The number of thiophene rings is 1. The van der Waals surface area contributed by atoms with E-state index in [9.17, 15) is 4.79 Å². The molecule has 1 saturated heterocycles. The van der Waals surface area contributed by atoms with Crippen LogP contribution < -0.4 is 5.32 Å². The van der Waals surface area contributed by atoms with Crippen molar-refractivity contribution in [2.45, 2.75) is 31.8 Å². The van der Waals surface area contributed by atoms with Crippen LogP contribution >= 0.6 is 11.3 Å². The Kier molecular flexibility index (Phi) is 6.10. The first-order valence-electron chi connectivity index (χ1n) is 8.99. The molecule has 134 valence electrons. The molecule has 1 aliphatic heterocycles. The molecule has 2 aromatic rings. The lowest BCUT2D eigenvalue weighted by molar-refractivity contribution is 0.186. The van der Waals surface area contributed by atoms with E-state index >= 15 is 0 Å². The molecule has 5 heteroatoms. The molecular weight excluding hydrogens is 330 g/mol. The Morgan fingerprint density at radius 3 is 2.56 bits per heavy atom. The number of rotatable bonds is 6. The highest BCUT2D eigenvalue weighted by Crippen LogP contribution is 2.24. The number of nitrogens with one attached hydrogen (secondary N) is 1. The molecule has 4 nitrogen and oxygen atoms in total. The van der Waals surface area contributed by atoms with Crippen molar-refractivity contribution in [2.75, 3.05) is 26.7 Å². The van der Waals surface area contributed by atoms with Crippen molar-refractivity contribution in [1.82, 2.24) is 15.1 Å². The minimum atomic E-state index is -0.0195. The van der Waals surface area contributed by atoms with Crippen molar-refractivity contribution in [3.63, 3.8) is 0 Å². The van der Waals surface area contributed by atoms with Gasteiger partial charge in [0.05, 0.1) is 12.1 Å². The molecule has 1 fully saturated rings. The molecule has 1 N–H and O–H groups in total. The lowest BCUT2D eigenvalue weighted by atomic mass is 10.1. The van der Waals surface area contributed by atoms with Crippen LogP contribution in [0.1, 0.15) is 42.3 Å². The van der Waals surface area contributed by atoms with Gasteiger partial charge in [-0.1, -0.05) is 36.4 Å². The predicted octanol–water partition coefficient (Wildman–Crippen LogP) is 4.29. The summed E-state index contributed by atoms with van der Waals surface area (Å²) in [7, 11) is 1.87. The highest BCUT2D eigenvalue weighted by Gasteiger charge is 2.24. The maximum absolute atomic E-state index is 12.8. The van der Waals surface area contributed by atoms with Crippen molar-refractivity contribution in [3.05, 3.63) is 58.3 Å². The number of carbonyl (C=O) groups excluding carboxylic acids is 1. The van der Waals surface area contributed by atoms with Gasteiger partial charge < -0.3 is 15.1 Å². The molecule has 2 atom stereocenters. The van der Waals surface area contributed by atoms with E-state index in [2.05, 4.69) is 40.7 Å². The fraction of sp³-hybridized carbons (Fsp3) is 0.450. The largest absolute Gasteiger partial charge is 0.330 e. The third-order valence-electron chi connectivity index (χ3n) is 5.00. The van der Waals surface area contributed by atoms with Crippen LogP contribution in [0.5, 0.6) is 0 Å². The van der Waals surface area contributed by atoms with Gasteiger partial charge in [-0.2, -0.15) is 0 Å². The maximum atomic E-state index is 12.8. The summed E-state index contributed by atoms with van der Waals surface area (Å²) in [5.41, 5.74) is 1.17. The normalized spacial score (nSPS) is 17.2. The van der Waals surface area contributed by atoms with Gasteiger partial charge in [0.1, 0.15) is 0 Å². The number of hydrogen-bond acceptors (Lipinski definition) is 3. The van der Waals surface area contributed by atoms with E-state index < -0.39 is 0 Å². The SMILES string of the molecule is CC(c1cccs1)N(C)C(=O)NC(CN1CCCC1)c1ccccc1. The summed E-state index contributed by atoms with van der Waals surface area (Å²) in [6.45, 7) is 5.20. The van der Waals surface area contributed by atoms with E-state index in [0.29, 0.717) is 0 Å². The highest BCUT2D eigenvalue weighted by molar-refractivity contribution is 7.10. The van der Waals surface area contributed by atoms with E-state index in [1.807, 2.05) is 31.3 Å². The summed E-state index contributed by atoms with van der Waals surface area (Å²) >= 11 is 1.69. The molecule has 0 aliphatic carbocycles. The second kappa shape index (κ2) is 8.50. The van der Waals surface area contributed by atoms with E-state index in [0.717, 1.165) is 19.6 Å². The average Bonchev–Trinajstić information content (AvgIpc) is 3.34. The molecule has 1 aromatic heterocycles. The fourth-order valence-corrected chi connectivity index (χ4v) is 4.12. The molecule has 1 aliphatic rings. The van der Waals surface area contributed by atoms with Crippen LogP contribution in [0, 0.1) is 0 Å². The number of benzene rings is 1. The van der Waals surface area contributed by atoms with Gasteiger partial charge in [0, 0.05) is 18.5 Å². The van der Waals surface area contributed by atoms with E-state index in [1.54, 1.807) is 16.2 Å². The van der Waals surface area contributed by atoms with Gasteiger partial charge in [0.25, 0.3) is 0 Å². The van der Waals surface area contributed by atoms with Gasteiger partial charge in [-0.05, 0) is 49.9 Å². The van der Waals surface area contributed by atoms with Crippen LogP contribution in [-0.2, 0) is 0 Å². The van der Waals surface area contributed by atoms with Gasteiger partial charge >= 0.3 is 6.03 Å². The summed E-state index contributed by atoms with van der Waals surface area (Å²) in [5, 5.41) is 5.31. The zero-order valence-electron chi connectivity index (χ0n) is 15.0. The Morgan fingerprint density at radius 1 is 1.20 bits per heavy atom. The molecule has 3 rings (SSSR count). The number of amides is 2. The lowest BCUT2D eigenvalue weighted by Gasteiger charge is -2.30. The molecule has 25 heavy (non-hydrogen) atoms. The Bertz CT molecular complexity index is 653. The molecule has 0 radical (unpaired) electrons. The van der Waals surface area contributed by atoms with Crippen molar-refractivity contribution < 1.29 is 4.79 Å². The third-order valence-corrected chi connectivity index (χ3v) is 6.04. The van der Waals surface area contributed by atoms with Gasteiger partial charge in [0.15, 0.2) is 0 Å². The molecule has 1 aromatic carbocycles. The van der Waals surface area contributed by atoms with E-state index in [1.165, 1.54) is 23.3 Å². The predicted molar refractivity (Wildman–Crippen MR) is 104 cm³/mol. The summed E-state index contributed by atoms with van der Waals surface area (Å²) in [6, 6.07) is 14.5. The quantitative estimate of drug-likeness (QED) is 0.837. The first kappa shape index (κ1) is 18.0. The minimum absolute atomic E-state index is 0.0183. The molecule has 2 unspecified atom stereocenters. The molecular formula is C20H27N3OS. The van der Waals surface area contributed by atoms with Gasteiger partial charge in [-0.15, -0.1) is 11.3 Å². The van der Waals surface area contributed by atoms with Crippen molar-refractivity contribution in [3.8, 4) is 0 Å². The summed E-state index contributed by atoms with van der Waals surface area (Å²) < 4.78 is 0. The van der Waals surface area contributed by atoms with Crippen LogP contribution in [0.2, 0.25) is 0 Å². The van der Waals surface area contributed by atoms with Gasteiger partial charge in [0.2, 0.25) is 0 Å². The van der Waals surface area contributed by atoms with E-state index in [-0.39, 0.29) is 18.1 Å². The van der Waals surface area contributed by atoms with Crippen LogP contribution in [-0.4, -0.2) is 42.5 Å². The van der Waals surface area contributed by atoms with Gasteiger partial charge in [-0.25, -0.2) is 4.79 Å². The Morgan fingerprint density at radius 2 is 1.92 bits per heavy atom. The highest BCUT2D eigenvalue weighted by atomic mass is 32.1. The number of hydrogen-bond donors (Lipinski definition) is 1. The van der Waals surface area contributed by atoms with Crippen molar-refractivity contribution in [1.29, 1.82) is 0 Å². The summed E-state index contributed by atoms with van der Waals surface area (Å²) in [4.78, 5) is 18.3. The zero-order valence-corrected chi connectivity index (χ0v) is 15.8. The Balaban J connectivity index is 1.69. The van der Waals surface area contributed by atoms with Crippen molar-refractivity contribution in [2.24, 2.45) is 0 Å².